The van der Waals surface area contributed by atoms with Crippen LogP contribution in [0.25, 0.3) is 0 Å². The molecular formula is C20H27FN2O4. The minimum atomic E-state index is -0.838. The van der Waals surface area contributed by atoms with Crippen molar-refractivity contribution in [2.45, 2.75) is 39.5 Å². The number of amides is 2. The van der Waals surface area contributed by atoms with Crippen LogP contribution >= 0.6 is 0 Å². The van der Waals surface area contributed by atoms with E-state index < -0.39 is 5.41 Å². The van der Waals surface area contributed by atoms with Gasteiger partial charge in [-0.25, -0.2) is 4.39 Å². The molecule has 0 spiro atoms. The Labute approximate surface area is 159 Å². The van der Waals surface area contributed by atoms with Gasteiger partial charge in [0.25, 0.3) is 0 Å². The molecule has 2 rings (SSSR count). The second-order valence-electron chi connectivity index (χ2n) is 6.96. The number of carbonyl (C=O) groups is 3. The number of esters is 1. The van der Waals surface area contributed by atoms with Crippen molar-refractivity contribution >= 4 is 17.8 Å². The van der Waals surface area contributed by atoms with Crippen LogP contribution in [-0.2, 0) is 25.5 Å². The van der Waals surface area contributed by atoms with Crippen LogP contribution in [0.15, 0.2) is 24.3 Å². The van der Waals surface area contributed by atoms with Crippen molar-refractivity contribution in [1.29, 1.82) is 0 Å². The Morgan fingerprint density at radius 1 is 1.26 bits per heavy atom. The quantitative estimate of drug-likeness (QED) is 0.737. The van der Waals surface area contributed by atoms with E-state index in [-0.39, 0.29) is 49.7 Å². The third kappa shape index (κ3) is 5.77. The summed E-state index contributed by atoms with van der Waals surface area (Å²) in [5, 5.41) is 2.61. The molecule has 1 aliphatic rings. The Hall–Kier alpha value is -2.44. The van der Waals surface area contributed by atoms with Crippen molar-refractivity contribution in [2.24, 2.45) is 5.41 Å². The molecule has 1 aliphatic heterocycles. The Kier molecular flexibility index (Phi) is 7.33. The van der Waals surface area contributed by atoms with Gasteiger partial charge >= 0.3 is 5.97 Å². The van der Waals surface area contributed by atoms with E-state index >= 15 is 0 Å². The average molecular weight is 378 g/mol. The third-order valence-electron chi connectivity index (χ3n) is 4.81. The number of ether oxygens (including phenoxy) is 1. The topological polar surface area (TPSA) is 75.7 Å². The van der Waals surface area contributed by atoms with Gasteiger partial charge in [-0.05, 0) is 43.9 Å². The summed E-state index contributed by atoms with van der Waals surface area (Å²) < 4.78 is 18.5. The molecule has 2 amide bonds. The molecule has 1 unspecified atom stereocenters. The molecule has 1 saturated heterocycles. The number of rotatable bonds is 7. The maximum absolute atomic E-state index is 13.2. The van der Waals surface area contributed by atoms with Crippen molar-refractivity contribution in [1.82, 2.24) is 10.2 Å². The van der Waals surface area contributed by atoms with Crippen LogP contribution in [0.1, 0.15) is 38.7 Å². The predicted octanol–water partition coefficient (Wildman–Crippen LogP) is 2.07. The minimum absolute atomic E-state index is 0.101. The lowest BCUT2D eigenvalue weighted by atomic mass is 9.75. The number of hydrogen-bond donors (Lipinski definition) is 1. The summed E-state index contributed by atoms with van der Waals surface area (Å²) >= 11 is 0. The van der Waals surface area contributed by atoms with Gasteiger partial charge in [0.05, 0.1) is 12.0 Å². The molecule has 1 atom stereocenters. The summed E-state index contributed by atoms with van der Waals surface area (Å²) in [5.41, 5.74) is -0.00699. The van der Waals surface area contributed by atoms with Gasteiger partial charge in [-0.1, -0.05) is 12.1 Å². The second kappa shape index (κ2) is 9.48. The Morgan fingerprint density at radius 2 is 1.96 bits per heavy atom. The highest BCUT2D eigenvalue weighted by Gasteiger charge is 2.44. The van der Waals surface area contributed by atoms with E-state index in [2.05, 4.69) is 5.32 Å². The van der Waals surface area contributed by atoms with Crippen LogP contribution < -0.4 is 5.32 Å². The molecule has 1 fully saturated rings. The smallest absolute Gasteiger partial charge is 0.314 e. The van der Waals surface area contributed by atoms with Gasteiger partial charge in [0.1, 0.15) is 5.82 Å². The van der Waals surface area contributed by atoms with Gasteiger partial charge in [0, 0.05) is 33.0 Å². The summed E-state index contributed by atoms with van der Waals surface area (Å²) in [4.78, 5) is 37.9. The first-order chi connectivity index (χ1) is 12.9. The van der Waals surface area contributed by atoms with Gasteiger partial charge in [0.15, 0.2) is 0 Å². The van der Waals surface area contributed by atoms with E-state index in [4.69, 9.17) is 4.74 Å². The van der Waals surface area contributed by atoms with E-state index in [1.54, 1.807) is 24.0 Å². The van der Waals surface area contributed by atoms with Crippen molar-refractivity contribution in [3.63, 3.8) is 0 Å². The molecule has 1 heterocycles. The molecule has 0 aromatic heterocycles. The molecule has 7 heteroatoms. The first-order valence-electron chi connectivity index (χ1n) is 9.30. The normalized spacial score (nSPS) is 19.4. The first kappa shape index (κ1) is 20.9. The van der Waals surface area contributed by atoms with Crippen LogP contribution in [0.3, 0.4) is 0 Å². The number of nitrogens with one attached hydrogen (secondary N) is 1. The lowest BCUT2D eigenvalue weighted by Crippen LogP contribution is -2.52. The van der Waals surface area contributed by atoms with E-state index in [0.717, 1.165) is 5.56 Å². The van der Waals surface area contributed by atoms with Crippen LogP contribution in [0.5, 0.6) is 0 Å². The number of hydrogen-bond acceptors (Lipinski definition) is 4. The molecule has 0 bridgehead atoms. The summed E-state index contributed by atoms with van der Waals surface area (Å²) in [6.07, 6.45) is 1.88. The summed E-state index contributed by atoms with van der Waals surface area (Å²) in [5.74, 6) is -0.939. The van der Waals surface area contributed by atoms with Crippen molar-refractivity contribution in [2.75, 3.05) is 26.2 Å². The molecular weight excluding hydrogens is 351 g/mol. The largest absolute Gasteiger partial charge is 0.466 e. The van der Waals surface area contributed by atoms with Crippen molar-refractivity contribution in [3.8, 4) is 0 Å². The fourth-order valence-corrected chi connectivity index (χ4v) is 3.51. The van der Waals surface area contributed by atoms with Crippen LogP contribution in [0.4, 0.5) is 4.39 Å². The number of carbonyl (C=O) groups excluding carboxylic acids is 3. The SMILES string of the molecule is CCOC(=O)C1(Cc2ccc(F)cc2)CCCN(C(=O)CCNC(C)=O)C1. The van der Waals surface area contributed by atoms with E-state index in [1.807, 2.05) is 0 Å². The molecule has 0 radical (unpaired) electrons. The summed E-state index contributed by atoms with van der Waals surface area (Å²) in [6.45, 7) is 4.53. The maximum atomic E-state index is 13.2. The fourth-order valence-electron chi connectivity index (χ4n) is 3.51. The molecule has 148 valence electrons. The van der Waals surface area contributed by atoms with Crippen LogP contribution in [0.2, 0.25) is 0 Å². The summed E-state index contributed by atoms with van der Waals surface area (Å²) in [6, 6.07) is 6.06. The molecule has 27 heavy (non-hydrogen) atoms. The number of likely N-dealkylation sites (tertiary alicyclic amines) is 1. The third-order valence-corrected chi connectivity index (χ3v) is 4.81. The van der Waals surface area contributed by atoms with Gasteiger partial charge < -0.3 is 15.0 Å². The Bertz CT molecular complexity index is 677. The Morgan fingerprint density at radius 3 is 2.59 bits per heavy atom. The molecule has 1 aromatic carbocycles. The van der Waals surface area contributed by atoms with Crippen LogP contribution in [-0.4, -0.2) is 48.9 Å². The first-order valence-corrected chi connectivity index (χ1v) is 9.30. The Balaban J connectivity index is 2.14. The highest BCUT2D eigenvalue weighted by Crippen LogP contribution is 2.35. The zero-order valence-corrected chi connectivity index (χ0v) is 15.9. The van der Waals surface area contributed by atoms with Crippen molar-refractivity contribution in [3.05, 3.63) is 35.6 Å². The van der Waals surface area contributed by atoms with Gasteiger partial charge in [-0.2, -0.15) is 0 Å². The second-order valence-corrected chi connectivity index (χ2v) is 6.96. The lowest BCUT2D eigenvalue weighted by molar-refractivity contribution is -0.160. The van der Waals surface area contributed by atoms with Gasteiger partial charge in [-0.15, -0.1) is 0 Å². The highest BCUT2D eigenvalue weighted by atomic mass is 19.1. The molecule has 6 nitrogen and oxygen atoms in total. The average Bonchev–Trinajstić information content (AvgIpc) is 2.63. The monoisotopic (exact) mass is 378 g/mol. The zero-order chi connectivity index (χ0) is 19.9. The number of benzene rings is 1. The van der Waals surface area contributed by atoms with E-state index in [9.17, 15) is 18.8 Å². The predicted molar refractivity (Wildman–Crippen MR) is 98.3 cm³/mol. The van der Waals surface area contributed by atoms with Crippen LogP contribution in [0, 0.1) is 11.2 Å². The number of halogens is 1. The van der Waals surface area contributed by atoms with E-state index in [0.29, 0.717) is 25.8 Å². The zero-order valence-electron chi connectivity index (χ0n) is 15.9. The fraction of sp³-hybridized carbons (Fsp3) is 0.550. The highest BCUT2D eigenvalue weighted by molar-refractivity contribution is 5.81. The van der Waals surface area contributed by atoms with Gasteiger partial charge in [-0.3, -0.25) is 14.4 Å². The molecule has 1 N–H and O–H groups in total. The standard InChI is InChI=1S/C20H27FN2O4/c1-3-27-19(26)20(13-16-5-7-17(21)8-6-16)10-4-12-23(14-20)18(25)9-11-22-15(2)24/h5-8H,3-4,9-14H2,1-2H3,(H,22,24). The van der Waals surface area contributed by atoms with Crippen molar-refractivity contribution < 1.29 is 23.5 Å². The maximum Gasteiger partial charge on any atom is 0.314 e. The molecule has 0 saturated carbocycles. The number of nitrogens with zero attached hydrogens (tertiary/aromatic N) is 1. The molecule has 0 aliphatic carbocycles. The molecule has 1 aromatic rings. The van der Waals surface area contributed by atoms with Gasteiger partial charge in [0.2, 0.25) is 11.8 Å². The number of piperidine rings is 1. The summed E-state index contributed by atoms with van der Waals surface area (Å²) in [7, 11) is 0. The minimum Gasteiger partial charge on any atom is -0.466 e. The van der Waals surface area contributed by atoms with E-state index in [1.165, 1.54) is 19.1 Å². The lowest BCUT2D eigenvalue weighted by Gasteiger charge is -2.41.